The number of fused-ring (bicyclic) bond motifs is 2. The third-order valence-electron chi connectivity index (χ3n) is 11.8. The molecule has 1 heterocycles. The lowest BCUT2D eigenvalue weighted by molar-refractivity contribution is -0.870. The molecule has 0 saturated heterocycles. The molecular weight excluding hydrogens is 980 g/mol. The molecular formula is C53H80N4O16P+. The second kappa shape index (κ2) is 35.2. The van der Waals surface area contributed by atoms with Crippen molar-refractivity contribution in [2.75, 3.05) is 118 Å². The predicted octanol–water partition coefficient (Wildman–Crippen LogP) is 5.06. The van der Waals surface area contributed by atoms with Gasteiger partial charge in [0.15, 0.2) is 0 Å². The number of phosphoric acid groups is 1. The number of carboxylic acid groups (broad SMARTS) is 1. The van der Waals surface area contributed by atoms with E-state index in [1.807, 2.05) is 69.7 Å². The van der Waals surface area contributed by atoms with Crippen molar-refractivity contribution in [1.29, 1.82) is 0 Å². The van der Waals surface area contributed by atoms with Crippen molar-refractivity contribution in [3.8, 4) is 11.8 Å². The van der Waals surface area contributed by atoms with Gasteiger partial charge in [0.25, 0.3) is 0 Å². The number of carbonyl (C=O) groups excluding carboxylic acids is 5. The Morgan fingerprint density at radius 1 is 0.716 bits per heavy atom. The molecule has 2 aromatic carbocycles. The molecule has 1 aliphatic rings. The van der Waals surface area contributed by atoms with Gasteiger partial charge < -0.3 is 53.7 Å². The van der Waals surface area contributed by atoms with Gasteiger partial charge >= 0.3 is 19.8 Å². The molecule has 0 saturated carbocycles. The van der Waals surface area contributed by atoms with Gasteiger partial charge in [-0.3, -0.25) is 37.8 Å². The predicted molar refractivity (Wildman–Crippen MR) is 276 cm³/mol. The molecule has 0 spiro atoms. The number of aliphatic carboxylic acids is 1. The van der Waals surface area contributed by atoms with E-state index >= 15 is 0 Å². The molecule has 412 valence electrons. The minimum atomic E-state index is -4.28. The highest BCUT2D eigenvalue weighted by atomic mass is 31.2. The molecule has 4 unspecified atom stereocenters. The van der Waals surface area contributed by atoms with E-state index in [2.05, 4.69) is 22.5 Å². The number of unbranched alkanes of at least 4 members (excludes halogenated alkanes) is 2. The van der Waals surface area contributed by atoms with Crippen LogP contribution in [0.2, 0.25) is 0 Å². The van der Waals surface area contributed by atoms with Crippen LogP contribution in [0.3, 0.4) is 0 Å². The summed E-state index contributed by atoms with van der Waals surface area (Å²) in [6.07, 6.45) is 2.94. The third-order valence-corrected chi connectivity index (χ3v) is 12.8. The van der Waals surface area contributed by atoms with Gasteiger partial charge in [-0.15, -0.1) is 0 Å². The number of quaternary nitrogens is 1. The lowest BCUT2D eigenvalue weighted by Crippen LogP contribution is -2.37. The quantitative estimate of drug-likeness (QED) is 0.0224. The molecule has 2 aromatic rings. The number of nitrogens with one attached hydrogen (secondary N) is 2. The molecule has 0 bridgehead atoms. The van der Waals surface area contributed by atoms with E-state index in [9.17, 15) is 43.3 Å². The summed E-state index contributed by atoms with van der Waals surface area (Å²) in [4.78, 5) is 87.1. The number of carbonyl (C=O) groups is 6. The largest absolute Gasteiger partial charge is 0.481 e. The van der Waals surface area contributed by atoms with Crippen LogP contribution in [0.1, 0.15) is 94.7 Å². The Balaban J connectivity index is 1.12. The number of para-hydroxylation sites is 1. The molecule has 4 N–H and O–H groups in total. The summed E-state index contributed by atoms with van der Waals surface area (Å²) in [5, 5.41) is 15.3. The van der Waals surface area contributed by atoms with E-state index in [1.165, 1.54) is 0 Å². The van der Waals surface area contributed by atoms with E-state index in [4.69, 9.17) is 32.7 Å². The summed E-state index contributed by atoms with van der Waals surface area (Å²) >= 11 is 0. The number of ether oxygens (including phenoxy) is 5. The van der Waals surface area contributed by atoms with E-state index in [1.54, 1.807) is 18.7 Å². The molecule has 1 aliphatic heterocycles. The average Bonchev–Trinajstić information content (AvgIpc) is 3.35. The molecule has 0 aliphatic carbocycles. The molecule has 0 radical (unpaired) electrons. The highest BCUT2D eigenvalue weighted by Gasteiger charge is 2.27. The summed E-state index contributed by atoms with van der Waals surface area (Å²) in [6, 6.07) is 15.2. The maximum absolute atomic E-state index is 13.3. The SMILES string of the molecule is CCC(CC(C)C(=O)NCCCCCC(CC(=O)CCOCCOCCOCCOCCNC(=O)CCC(=O)N1Cc2ccccc2C#Cc2ccccc21)C(=O)O)C(=O)OCCOP(=O)(O)OCC[N+](C)(C)C. The van der Waals surface area contributed by atoms with E-state index in [-0.39, 0.29) is 95.3 Å². The first kappa shape index (κ1) is 63.2. The van der Waals surface area contributed by atoms with Gasteiger partial charge in [0.05, 0.1) is 105 Å². The molecule has 3 rings (SSSR count). The Kier molecular flexibility index (Phi) is 30.1. The number of hydrogen-bond donors (Lipinski definition) is 4. The first-order chi connectivity index (χ1) is 35.4. The first-order valence-electron chi connectivity index (χ1n) is 25.6. The van der Waals surface area contributed by atoms with E-state index in [0.717, 1.165) is 22.4 Å². The van der Waals surface area contributed by atoms with E-state index < -0.39 is 37.5 Å². The van der Waals surface area contributed by atoms with Crippen molar-refractivity contribution in [1.82, 2.24) is 10.6 Å². The van der Waals surface area contributed by atoms with Gasteiger partial charge in [-0.2, -0.15) is 0 Å². The van der Waals surface area contributed by atoms with Crippen LogP contribution >= 0.6 is 7.82 Å². The number of Topliss-reactive ketones (excluding diaryl/α,β-unsaturated/α-hetero) is 1. The number of hydrogen-bond acceptors (Lipinski definition) is 14. The highest BCUT2D eigenvalue weighted by molar-refractivity contribution is 7.47. The zero-order valence-electron chi connectivity index (χ0n) is 44.0. The summed E-state index contributed by atoms with van der Waals surface area (Å²) in [5.41, 5.74) is 3.30. The van der Waals surface area contributed by atoms with Gasteiger partial charge in [0, 0.05) is 55.8 Å². The van der Waals surface area contributed by atoms with Crippen LogP contribution in [-0.4, -0.2) is 163 Å². The van der Waals surface area contributed by atoms with Gasteiger partial charge in [0.2, 0.25) is 17.7 Å². The molecule has 21 heteroatoms. The second-order valence-corrected chi connectivity index (χ2v) is 20.4. The smallest absolute Gasteiger partial charge is 0.472 e. The number of esters is 1. The minimum absolute atomic E-state index is 0.0219. The van der Waals surface area contributed by atoms with Crippen molar-refractivity contribution in [3.05, 3.63) is 65.2 Å². The number of nitrogens with zero attached hydrogens (tertiary/aromatic N) is 2. The summed E-state index contributed by atoms with van der Waals surface area (Å²) < 4.78 is 49.7. The number of likely N-dealkylation sites (N-methyl/N-ethyl adjacent to an activating group) is 1. The summed E-state index contributed by atoms with van der Waals surface area (Å²) in [5.74, 6) is 2.14. The standard InChI is InChI=1S/C53H79N4O16P/c1-6-42(53(64)71-36-37-73-74(65,66)72-29-26-57(3,4)5)38-41(2)51(61)55-24-13-7-8-16-45(52(62)63)39-47(58)23-27-67-30-32-69-34-35-70-33-31-68-28-25-54-49(59)21-22-50(60)56-40-46-17-10-9-14-43(46)19-20-44-15-11-12-18-48(44)56/h9-12,14-15,17-18,41-42,45H,6-8,13,16,21-40H2,1-5H3,(H3-,54,55,59,61,62,63,65,66)/p+1. The van der Waals surface area contributed by atoms with Gasteiger partial charge in [-0.05, 0) is 49.4 Å². The maximum atomic E-state index is 13.3. The van der Waals surface area contributed by atoms with Gasteiger partial charge in [0.1, 0.15) is 25.5 Å². The van der Waals surface area contributed by atoms with Gasteiger partial charge in [-0.1, -0.05) is 68.9 Å². The van der Waals surface area contributed by atoms with Crippen molar-refractivity contribution in [2.24, 2.45) is 17.8 Å². The van der Waals surface area contributed by atoms with Crippen LogP contribution in [0, 0.1) is 29.6 Å². The minimum Gasteiger partial charge on any atom is -0.481 e. The van der Waals surface area contributed by atoms with Gasteiger partial charge in [-0.25, -0.2) is 4.57 Å². The fourth-order valence-corrected chi connectivity index (χ4v) is 8.17. The fourth-order valence-electron chi connectivity index (χ4n) is 7.47. The second-order valence-electron chi connectivity index (χ2n) is 18.9. The number of amides is 3. The lowest BCUT2D eigenvalue weighted by Gasteiger charge is -2.26. The van der Waals surface area contributed by atoms with Crippen LogP contribution in [0.5, 0.6) is 0 Å². The third kappa shape index (κ3) is 26.9. The monoisotopic (exact) mass is 1060 g/mol. The normalized spacial score (nSPS) is 14.1. The number of rotatable bonds is 40. The number of anilines is 1. The maximum Gasteiger partial charge on any atom is 0.472 e. The number of carboxylic acids is 1. The average molecular weight is 1060 g/mol. The summed E-state index contributed by atoms with van der Waals surface area (Å²) in [7, 11) is 1.46. The Morgan fingerprint density at radius 3 is 2.01 bits per heavy atom. The lowest BCUT2D eigenvalue weighted by atomic mass is 9.93. The van der Waals surface area contributed by atoms with Crippen LogP contribution < -0.4 is 15.5 Å². The Morgan fingerprint density at radius 2 is 1.34 bits per heavy atom. The van der Waals surface area contributed by atoms with Crippen LogP contribution in [-0.2, 0) is 72.6 Å². The number of phosphoric ester groups is 1. The van der Waals surface area contributed by atoms with Crippen molar-refractivity contribution < 1.29 is 80.5 Å². The van der Waals surface area contributed by atoms with Crippen molar-refractivity contribution in [2.45, 2.75) is 84.6 Å². The molecule has 0 aromatic heterocycles. The topological polar surface area (TPSA) is 252 Å². The molecule has 4 atom stereocenters. The fraction of sp³-hybridized carbons (Fsp3) is 0.623. The Hall–Kier alpha value is -5.07. The number of ketones is 1. The zero-order valence-corrected chi connectivity index (χ0v) is 44.9. The van der Waals surface area contributed by atoms with Crippen LogP contribution in [0.25, 0.3) is 0 Å². The highest BCUT2D eigenvalue weighted by Crippen LogP contribution is 2.42. The van der Waals surface area contributed by atoms with Crippen molar-refractivity contribution in [3.63, 3.8) is 0 Å². The molecule has 3 amide bonds. The Labute approximate surface area is 436 Å². The molecule has 0 fully saturated rings. The number of benzene rings is 2. The Bertz CT molecular complexity index is 2180. The van der Waals surface area contributed by atoms with E-state index in [0.29, 0.717) is 95.8 Å². The molecule has 74 heavy (non-hydrogen) atoms. The zero-order chi connectivity index (χ0) is 54.2. The van der Waals surface area contributed by atoms with Crippen LogP contribution in [0.4, 0.5) is 5.69 Å². The first-order valence-corrected chi connectivity index (χ1v) is 27.1. The van der Waals surface area contributed by atoms with Crippen molar-refractivity contribution >= 4 is 49.0 Å². The van der Waals surface area contributed by atoms with Crippen LogP contribution in [0.15, 0.2) is 48.5 Å². The summed E-state index contributed by atoms with van der Waals surface area (Å²) in [6.45, 7) is 6.84. The molecule has 20 nitrogen and oxygen atoms in total.